The molecule has 2 N–H and O–H groups in total. The average molecular weight is 271 g/mol. The number of halogens is 1. The molecule has 0 spiro atoms. The number of nitrogen functional groups attached to an aromatic ring is 1. The monoisotopic (exact) mass is 270 g/mol. The lowest BCUT2D eigenvalue weighted by Gasteiger charge is -2.03. The number of rotatable bonds is 6. The summed E-state index contributed by atoms with van der Waals surface area (Å²) in [4.78, 5) is 11.7. The molecule has 0 atom stereocenters. The number of nitrogens with zero attached hydrogens (tertiary/aromatic N) is 3. The van der Waals surface area contributed by atoms with E-state index in [1.807, 2.05) is 6.07 Å². The van der Waals surface area contributed by atoms with Crippen LogP contribution >= 0.6 is 12.4 Å². The minimum atomic E-state index is -0.244. The molecular weight excluding hydrogens is 256 g/mol. The van der Waals surface area contributed by atoms with Crippen molar-refractivity contribution < 1.29 is 9.53 Å². The zero-order chi connectivity index (χ0) is 12.7. The van der Waals surface area contributed by atoms with Crippen LogP contribution in [-0.2, 0) is 4.74 Å². The summed E-state index contributed by atoms with van der Waals surface area (Å²) in [7, 11) is 0. The highest BCUT2D eigenvalue weighted by Crippen LogP contribution is 2.10. The van der Waals surface area contributed by atoms with Crippen LogP contribution in [0.1, 0.15) is 23.2 Å². The Morgan fingerprint density at radius 1 is 1.72 bits per heavy atom. The summed E-state index contributed by atoms with van der Waals surface area (Å²) in [5.74, 6) is -0.157. The first-order valence-corrected chi connectivity index (χ1v) is 5.16. The van der Waals surface area contributed by atoms with E-state index in [0.29, 0.717) is 19.6 Å². The van der Waals surface area contributed by atoms with Crippen molar-refractivity contribution in [2.75, 3.05) is 18.9 Å². The second kappa shape index (κ2) is 8.28. The van der Waals surface area contributed by atoms with E-state index in [1.165, 1.54) is 6.20 Å². The largest absolute Gasteiger partial charge is 0.382 e. The van der Waals surface area contributed by atoms with Crippen molar-refractivity contribution in [1.82, 2.24) is 9.78 Å². The fourth-order valence-electron chi connectivity index (χ4n) is 1.24. The van der Waals surface area contributed by atoms with Crippen LogP contribution in [0.4, 0.5) is 5.82 Å². The molecule has 18 heavy (non-hydrogen) atoms. The van der Waals surface area contributed by atoms with Crippen LogP contribution in [-0.4, -0.2) is 28.9 Å². The predicted molar refractivity (Wildman–Crippen MR) is 69.5 cm³/mol. The van der Waals surface area contributed by atoms with Crippen LogP contribution < -0.4 is 5.73 Å². The number of hydrogen-bond acceptors (Lipinski definition) is 5. The fraction of sp³-hybridized carbons (Fsp3) is 0.364. The van der Waals surface area contributed by atoms with Gasteiger partial charge in [0.1, 0.15) is 17.5 Å². The second-order valence-electron chi connectivity index (χ2n) is 3.33. The maximum Gasteiger partial charge on any atom is 0.248 e. The van der Waals surface area contributed by atoms with E-state index in [9.17, 15) is 4.79 Å². The Hall–Kier alpha value is -1.84. The Kier molecular flexibility index (Phi) is 7.43. The molecule has 7 heteroatoms. The molecule has 0 aromatic carbocycles. The van der Waals surface area contributed by atoms with Crippen LogP contribution in [0.2, 0.25) is 0 Å². The van der Waals surface area contributed by atoms with Crippen molar-refractivity contribution in [2.45, 2.75) is 12.8 Å². The van der Waals surface area contributed by atoms with E-state index in [4.69, 9.17) is 15.7 Å². The van der Waals surface area contributed by atoms with E-state index >= 15 is 0 Å². The number of aromatic nitrogens is 2. The Morgan fingerprint density at radius 2 is 2.44 bits per heavy atom. The maximum absolute atomic E-state index is 11.7. The van der Waals surface area contributed by atoms with Crippen molar-refractivity contribution in [3.8, 4) is 6.07 Å². The van der Waals surface area contributed by atoms with Crippen molar-refractivity contribution in [3.05, 3.63) is 24.4 Å². The molecule has 1 rings (SSSR count). The maximum atomic E-state index is 11.7. The number of nitriles is 1. The van der Waals surface area contributed by atoms with Gasteiger partial charge >= 0.3 is 0 Å². The topological polar surface area (TPSA) is 93.9 Å². The summed E-state index contributed by atoms with van der Waals surface area (Å²) in [6.07, 6.45) is 3.77. The Labute approximate surface area is 111 Å². The van der Waals surface area contributed by atoms with Gasteiger partial charge in [-0.1, -0.05) is 6.08 Å². The van der Waals surface area contributed by atoms with Crippen molar-refractivity contribution >= 4 is 24.1 Å². The smallest absolute Gasteiger partial charge is 0.248 e. The van der Waals surface area contributed by atoms with Gasteiger partial charge in [-0.2, -0.15) is 15.0 Å². The molecule has 0 aliphatic heterocycles. The standard InChI is InChI=1S/C11H14N4O2.ClH/c1-2-5-17-6-3-4-10(16)15-11(13)9(7-12)8-14-15;/h2,8H,1,3-6,13H2;1H. The molecule has 0 fully saturated rings. The molecule has 0 saturated carbocycles. The van der Waals surface area contributed by atoms with E-state index in [0.717, 1.165) is 4.68 Å². The molecular formula is C11H15ClN4O2. The van der Waals surface area contributed by atoms with Crippen LogP contribution in [0.3, 0.4) is 0 Å². The average Bonchev–Trinajstić information content (AvgIpc) is 2.70. The van der Waals surface area contributed by atoms with E-state index in [-0.39, 0.29) is 36.1 Å². The molecule has 1 aromatic rings. The Morgan fingerprint density at radius 3 is 3.00 bits per heavy atom. The Bertz CT molecular complexity index is 450. The number of anilines is 1. The number of nitrogens with two attached hydrogens (primary N) is 1. The number of hydrogen-bond donors (Lipinski definition) is 1. The summed E-state index contributed by atoms with van der Waals surface area (Å²) in [6.45, 7) is 4.46. The van der Waals surface area contributed by atoms with Crippen molar-refractivity contribution in [1.29, 1.82) is 5.26 Å². The molecule has 0 amide bonds. The first-order valence-electron chi connectivity index (χ1n) is 5.16. The highest BCUT2D eigenvalue weighted by Gasteiger charge is 2.12. The minimum Gasteiger partial charge on any atom is -0.382 e. The van der Waals surface area contributed by atoms with Gasteiger partial charge < -0.3 is 10.5 Å². The van der Waals surface area contributed by atoms with Gasteiger partial charge in [-0.25, -0.2) is 0 Å². The fourth-order valence-corrected chi connectivity index (χ4v) is 1.24. The zero-order valence-corrected chi connectivity index (χ0v) is 10.7. The summed E-state index contributed by atoms with van der Waals surface area (Å²) in [5.41, 5.74) is 5.79. The molecule has 0 aliphatic rings. The lowest BCUT2D eigenvalue weighted by atomic mass is 10.3. The van der Waals surface area contributed by atoms with Crippen LogP contribution in [0.25, 0.3) is 0 Å². The first kappa shape index (κ1) is 16.2. The lowest BCUT2D eigenvalue weighted by Crippen LogP contribution is -2.15. The van der Waals surface area contributed by atoms with Gasteiger partial charge in [-0.15, -0.1) is 19.0 Å². The normalized spacial score (nSPS) is 9.28. The molecule has 0 radical (unpaired) electrons. The quantitative estimate of drug-likeness (QED) is 0.622. The molecule has 0 aliphatic carbocycles. The minimum absolute atomic E-state index is 0. The number of carbonyl (C=O) groups is 1. The van der Waals surface area contributed by atoms with Gasteiger partial charge in [0, 0.05) is 13.0 Å². The van der Waals surface area contributed by atoms with Crippen LogP contribution in [0.15, 0.2) is 18.9 Å². The van der Waals surface area contributed by atoms with Gasteiger partial charge in [0.05, 0.1) is 12.8 Å². The third-order valence-corrected chi connectivity index (χ3v) is 2.08. The molecule has 0 saturated heterocycles. The highest BCUT2D eigenvalue weighted by molar-refractivity contribution is 5.85. The second-order valence-corrected chi connectivity index (χ2v) is 3.33. The molecule has 1 heterocycles. The Balaban J connectivity index is 0.00000289. The number of carbonyl (C=O) groups excluding carboxylic acids is 1. The summed E-state index contributed by atoms with van der Waals surface area (Å²) in [5, 5.41) is 12.4. The molecule has 1 aromatic heterocycles. The summed E-state index contributed by atoms with van der Waals surface area (Å²) >= 11 is 0. The number of ether oxygens (including phenoxy) is 1. The summed E-state index contributed by atoms with van der Waals surface area (Å²) < 4.78 is 6.19. The molecule has 0 bridgehead atoms. The van der Waals surface area contributed by atoms with E-state index in [1.54, 1.807) is 6.08 Å². The third-order valence-electron chi connectivity index (χ3n) is 2.08. The van der Waals surface area contributed by atoms with Gasteiger partial charge in [-0.3, -0.25) is 4.79 Å². The predicted octanol–water partition coefficient (Wildman–Crippen LogP) is 1.38. The molecule has 0 unspecified atom stereocenters. The van der Waals surface area contributed by atoms with Gasteiger partial charge in [-0.05, 0) is 6.42 Å². The molecule has 6 nitrogen and oxygen atoms in total. The van der Waals surface area contributed by atoms with Crippen LogP contribution in [0.5, 0.6) is 0 Å². The SMILES string of the molecule is C=CCOCCCC(=O)n1ncc(C#N)c1N.Cl. The van der Waals surface area contributed by atoms with Crippen molar-refractivity contribution in [3.63, 3.8) is 0 Å². The van der Waals surface area contributed by atoms with Crippen LogP contribution in [0, 0.1) is 11.3 Å². The molecule has 98 valence electrons. The highest BCUT2D eigenvalue weighted by atomic mass is 35.5. The van der Waals surface area contributed by atoms with E-state index in [2.05, 4.69) is 11.7 Å². The van der Waals surface area contributed by atoms with E-state index < -0.39 is 0 Å². The van der Waals surface area contributed by atoms with Gasteiger partial charge in [0.15, 0.2) is 0 Å². The lowest BCUT2D eigenvalue weighted by molar-refractivity contribution is 0.0862. The third kappa shape index (κ3) is 4.20. The first-order chi connectivity index (χ1) is 8.20. The van der Waals surface area contributed by atoms with Crippen molar-refractivity contribution in [2.24, 2.45) is 0 Å². The zero-order valence-electron chi connectivity index (χ0n) is 9.83. The summed E-state index contributed by atoms with van der Waals surface area (Å²) in [6, 6.07) is 1.86. The van der Waals surface area contributed by atoms with Gasteiger partial charge in [0.2, 0.25) is 5.91 Å². The van der Waals surface area contributed by atoms with Gasteiger partial charge in [0.25, 0.3) is 0 Å².